The molecular weight excluding hydrogens is 420 g/mol. The number of carbonyl (C=O) groups is 3. The van der Waals surface area contributed by atoms with Gasteiger partial charge in [0.05, 0.1) is 0 Å². The second-order valence-electron chi connectivity index (χ2n) is 9.29. The highest BCUT2D eigenvalue weighted by atomic mass is 16.5. The highest BCUT2D eigenvalue weighted by molar-refractivity contribution is 5.88. The largest absolute Gasteiger partial charge is 0.480 e. The van der Waals surface area contributed by atoms with Crippen LogP contribution in [0.2, 0.25) is 0 Å². The van der Waals surface area contributed by atoms with Gasteiger partial charge < -0.3 is 20.1 Å². The zero-order valence-electron chi connectivity index (χ0n) is 18.4. The molecule has 2 N–H and O–H groups in total. The molecule has 2 aromatic rings. The second-order valence-corrected chi connectivity index (χ2v) is 9.29. The summed E-state index contributed by atoms with van der Waals surface area (Å²) in [5.41, 5.74) is 4.55. The number of fused-ring (bicyclic) bond motifs is 3. The van der Waals surface area contributed by atoms with Crippen LogP contribution in [-0.4, -0.2) is 53.2 Å². The van der Waals surface area contributed by atoms with Crippen LogP contribution in [-0.2, 0) is 14.3 Å². The van der Waals surface area contributed by atoms with Crippen molar-refractivity contribution >= 4 is 18.0 Å². The molecule has 2 amide bonds. The number of amides is 2. The van der Waals surface area contributed by atoms with E-state index in [0.717, 1.165) is 47.9 Å². The number of aliphatic carboxylic acids is 1. The first kappa shape index (κ1) is 21.5. The Morgan fingerprint density at radius 1 is 0.970 bits per heavy atom. The normalized spacial score (nSPS) is 17.6. The quantitative estimate of drug-likeness (QED) is 0.609. The molecule has 7 heteroatoms. The molecule has 0 bridgehead atoms. The zero-order valence-corrected chi connectivity index (χ0v) is 18.4. The van der Waals surface area contributed by atoms with Crippen LogP contribution in [0.5, 0.6) is 0 Å². The molecule has 2 fully saturated rings. The van der Waals surface area contributed by atoms with Crippen molar-refractivity contribution < 1.29 is 24.2 Å². The van der Waals surface area contributed by atoms with Gasteiger partial charge in [-0.25, -0.2) is 4.79 Å². The molecule has 3 aliphatic carbocycles. The minimum Gasteiger partial charge on any atom is -0.480 e. The molecule has 0 heterocycles. The number of nitrogens with zero attached hydrogens (tertiary/aromatic N) is 1. The predicted octanol–water partition coefficient (Wildman–Crippen LogP) is 3.77. The first-order valence-electron chi connectivity index (χ1n) is 11.6. The molecule has 0 spiro atoms. The third kappa shape index (κ3) is 4.72. The van der Waals surface area contributed by atoms with Crippen LogP contribution >= 0.6 is 0 Å². The van der Waals surface area contributed by atoms with E-state index in [-0.39, 0.29) is 31.0 Å². The summed E-state index contributed by atoms with van der Waals surface area (Å²) in [6.07, 6.45) is 3.55. The van der Waals surface area contributed by atoms with Crippen LogP contribution in [0.3, 0.4) is 0 Å². The van der Waals surface area contributed by atoms with Crippen molar-refractivity contribution in [3.8, 4) is 11.1 Å². The van der Waals surface area contributed by atoms with Crippen molar-refractivity contribution in [3.63, 3.8) is 0 Å². The molecule has 2 aromatic carbocycles. The Balaban J connectivity index is 1.26. The van der Waals surface area contributed by atoms with Gasteiger partial charge >= 0.3 is 12.1 Å². The van der Waals surface area contributed by atoms with E-state index in [2.05, 4.69) is 29.6 Å². The van der Waals surface area contributed by atoms with Gasteiger partial charge in [0, 0.05) is 12.0 Å². The van der Waals surface area contributed by atoms with Gasteiger partial charge in [0.2, 0.25) is 5.91 Å². The number of carboxylic acids is 1. The van der Waals surface area contributed by atoms with Crippen LogP contribution in [0.1, 0.15) is 49.1 Å². The van der Waals surface area contributed by atoms with Crippen LogP contribution in [0.15, 0.2) is 48.5 Å². The standard InChI is InChI=1S/C26H28N2O5/c29-24(30)14-28(17-11-12-17)25(31)23(13-16-9-10-16)27-26(32)33-15-22-20-7-3-1-5-18(20)19-6-2-4-8-21(19)22/h1-8,16-17,22-23H,9-15H2,(H,27,32)(H,29,30). The minimum atomic E-state index is -1.04. The number of hydrogen-bond donors (Lipinski definition) is 2. The Labute approximate surface area is 192 Å². The van der Waals surface area contributed by atoms with Crippen LogP contribution in [0.25, 0.3) is 11.1 Å². The molecule has 0 aromatic heterocycles. The van der Waals surface area contributed by atoms with Gasteiger partial charge in [-0.3, -0.25) is 9.59 Å². The highest BCUT2D eigenvalue weighted by Crippen LogP contribution is 2.44. The summed E-state index contributed by atoms with van der Waals surface area (Å²) in [6, 6.07) is 15.4. The van der Waals surface area contributed by atoms with Crippen LogP contribution < -0.4 is 5.32 Å². The van der Waals surface area contributed by atoms with E-state index in [1.807, 2.05) is 24.3 Å². The number of nitrogens with one attached hydrogen (secondary N) is 1. The Morgan fingerprint density at radius 2 is 1.58 bits per heavy atom. The van der Waals surface area contributed by atoms with Crippen molar-refractivity contribution in [1.29, 1.82) is 0 Å². The number of rotatable bonds is 9. The second kappa shape index (κ2) is 8.89. The average Bonchev–Trinajstić information content (AvgIpc) is 3.73. The van der Waals surface area contributed by atoms with Gasteiger partial charge in [-0.15, -0.1) is 0 Å². The van der Waals surface area contributed by atoms with Crippen molar-refractivity contribution in [3.05, 3.63) is 59.7 Å². The minimum absolute atomic E-state index is 0.0420. The molecule has 0 aliphatic heterocycles. The molecule has 1 unspecified atom stereocenters. The lowest BCUT2D eigenvalue weighted by Gasteiger charge is -2.26. The maximum Gasteiger partial charge on any atom is 0.407 e. The molecule has 1 atom stereocenters. The van der Waals surface area contributed by atoms with Gasteiger partial charge in [-0.1, -0.05) is 61.4 Å². The van der Waals surface area contributed by atoms with Gasteiger partial charge in [0.25, 0.3) is 0 Å². The SMILES string of the molecule is O=C(O)CN(C(=O)C(CC1CC1)NC(=O)OCC1c2ccccc2-c2ccccc21)C1CC1. The van der Waals surface area contributed by atoms with E-state index in [1.54, 1.807) is 0 Å². The van der Waals surface area contributed by atoms with Gasteiger partial charge in [0.1, 0.15) is 19.2 Å². The number of ether oxygens (including phenoxy) is 1. The fourth-order valence-electron chi connectivity index (χ4n) is 4.81. The fourth-order valence-corrected chi connectivity index (χ4v) is 4.81. The van der Waals surface area contributed by atoms with Crippen molar-refractivity contribution in [1.82, 2.24) is 10.2 Å². The smallest absolute Gasteiger partial charge is 0.407 e. The molecule has 2 saturated carbocycles. The summed E-state index contributed by atoms with van der Waals surface area (Å²) in [6.45, 7) is -0.164. The zero-order chi connectivity index (χ0) is 22.9. The number of alkyl carbamates (subject to hydrolysis) is 1. The van der Waals surface area contributed by atoms with Crippen molar-refractivity contribution in [2.45, 2.75) is 50.1 Å². The molecule has 7 nitrogen and oxygen atoms in total. The van der Waals surface area contributed by atoms with E-state index in [9.17, 15) is 19.5 Å². The summed E-state index contributed by atoms with van der Waals surface area (Å²) in [5.74, 6) is -1.03. The summed E-state index contributed by atoms with van der Waals surface area (Å²) < 4.78 is 5.62. The third-order valence-corrected chi connectivity index (χ3v) is 6.78. The lowest BCUT2D eigenvalue weighted by molar-refractivity contribution is -0.145. The Hall–Kier alpha value is -3.35. The van der Waals surface area contributed by atoms with E-state index >= 15 is 0 Å². The maximum absolute atomic E-state index is 13.1. The van der Waals surface area contributed by atoms with Crippen molar-refractivity contribution in [2.75, 3.05) is 13.2 Å². The van der Waals surface area contributed by atoms with Gasteiger partial charge in [0.15, 0.2) is 0 Å². The lowest BCUT2D eigenvalue weighted by atomic mass is 9.98. The molecular formula is C26H28N2O5. The molecule has 5 rings (SSSR count). The number of carboxylic acid groups (broad SMARTS) is 1. The Kier molecular flexibility index (Phi) is 5.79. The molecule has 172 valence electrons. The third-order valence-electron chi connectivity index (χ3n) is 6.78. The summed E-state index contributed by atoms with van der Waals surface area (Å²) >= 11 is 0. The number of benzene rings is 2. The van der Waals surface area contributed by atoms with Gasteiger partial charge in [-0.05, 0) is 47.4 Å². The fraction of sp³-hybridized carbons (Fsp3) is 0.423. The van der Waals surface area contributed by atoms with E-state index in [4.69, 9.17) is 4.74 Å². The molecule has 0 radical (unpaired) electrons. The van der Waals surface area contributed by atoms with E-state index < -0.39 is 18.1 Å². The summed E-state index contributed by atoms with van der Waals surface area (Å²) in [4.78, 5) is 38.6. The Morgan fingerprint density at radius 3 is 2.12 bits per heavy atom. The summed E-state index contributed by atoms with van der Waals surface area (Å²) in [7, 11) is 0. The van der Waals surface area contributed by atoms with Gasteiger partial charge in [-0.2, -0.15) is 0 Å². The monoisotopic (exact) mass is 448 g/mol. The first-order chi connectivity index (χ1) is 16.0. The lowest BCUT2D eigenvalue weighted by Crippen LogP contribution is -2.51. The van der Waals surface area contributed by atoms with Crippen LogP contribution in [0, 0.1) is 5.92 Å². The van der Waals surface area contributed by atoms with E-state index in [0.29, 0.717) is 12.3 Å². The number of hydrogen-bond acceptors (Lipinski definition) is 4. The number of carbonyl (C=O) groups excluding carboxylic acids is 2. The first-order valence-corrected chi connectivity index (χ1v) is 11.6. The maximum atomic E-state index is 13.1. The van der Waals surface area contributed by atoms with Crippen LogP contribution in [0.4, 0.5) is 4.79 Å². The topological polar surface area (TPSA) is 95.9 Å². The summed E-state index contributed by atoms with van der Waals surface area (Å²) in [5, 5.41) is 12.0. The molecule has 0 saturated heterocycles. The molecule has 33 heavy (non-hydrogen) atoms. The van der Waals surface area contributed by atoms with Crippen molar-refractivity contribution in [2.24, 2.45) is 5.92 Å². The average molecular weight is 449 g/mol. The Bertz CT molecular complexity index is 1030. The van der Waals surface area contributed by atoms with E-state index in [1.165, 1.54) is 4.90 Å². The highest BCUT2D eigenvalue weighted by Gasteiger charge is 2.40. The molecule has 3 aliphatic rings. The predicted molar refractivity (Wildman–Crippen MR) is 122 cm³/mol.